The molecular weight excluding hydrogens is 202 g/mol. The monoisotopic (exact) mass is 213 g/mol. The topological polar surface area (TPSA) is 48.5 Å². The van der Waals surface area contributed by atoms with Crippen LogP contribution in [0.25, 0.3) is 22.4 Å². The minimum absolute atomic E-state index is 0.864. The molecule has 0 aliphatic heterocycles. The van der Waals surface area contributed by atoms with Gasteiger partial charge >= 0.3 is 0 Å². The third-order valence-corrected chi connectivity index (χ3v) is 2.70. The molecule has 0 bridgehead atoms. The van der Waals surface area contributed by atoms with Crippen molar-refractivity contribution in [1.82, 2.24) is 24.3 Å². The van der Waals surface area contributed by atoms with Crippen LogP contribution in [0.1, 0.15) is 0 Å². The molecule has 0 saturated heterocycles. The smallest absolute Gasteiger partial charge is 0.157 e. The summed E-state index contributed by atoms with van der Waals surface area (Å²) >= 11 is 0. The zero-order valence-electron chi connectivity index (χ0n) is 9.12. The molecule has 1 aromatic carbocycles. The maximum absolute atomic E-state index is 4.28. The number of aromatic nitrogens is 5. The highest BCUT2D eigenvalue weighted by atomic mass is 15.3. The Morgan fingerprint density at radius 1 is 1.12 bits per heavy atom. The van der Waals surface area contributed by atoms with Crippen molar-refractivity contribution in [3.8, 4) is 11.4 Å². The first kappa shape index (κ1) is 9.08. The summed E-state index contributed by atoms with van der Waals surface area (Å²) in [5.74, 6) is 0.864. The third kappa shape index (κ3) is 1.21. The van der Waals surface area contributed by atoms with Gasteiger partial charge in [-0.05, 0) is 18.2 Å². The fourth-order valence-corrected chi connectivity index (χ4v) is 1.82. The number of rotatable bonds is 1. The summed E-state index contributed by atoms with van der Waals surface area (Å²) in [5.41, 5.74) is 3.14. The predicted molar refractivity (Wildman–Crippen MR) is 60.7 cm³/mol. The van der Waals surface area contributed by atoms with Crippen molar-refractivity contribution in [2.24, 2.45) is 14.1 Å². The number of benzene rings is 1. The lowest BCUT2D eigenvalue weighted by atomic mass is 10.2. The quantitative estimate of drug-likeness (QED) is 0.613. The highest BCUT2D eigenvalue weighted by molar-refractivity contribution is 5.80. The van der Waals surface area contributed by atoms with Gasteiger partial charge in [0.1, 0.15) is 6.33 Å². The Morgan fingerprint density at radius 3 is 2.75 bits per heavy atom. The second-order valence-electron chi connectivity index (χ2n) is 3.77. The van der Waals surface area contributed by atoms with E-state index in [-0.39, 0.29) is 0 Å². The van der Waals surface area contributed by atoms with Gasteiger partial charge < -0.3 is 4.57 Å². The standard InChI is InChI=1S/C11H11N5/c1-15-7-13-9-4-3-8(5-10(9)15)11-12-6-14-16(11)2/h3-7H,1-2H3. The number of fused-ring (bicyclic) bond motifs is 1. The van der Waals surface area contributed by atoms with E-state index in [1.54, 1.807) is 11.0 Å². The summed E-state index contributed by atoms with van der Waals surface area (Å²) in [6.45, 7) is 0. The van der Waals surface area contributed by atoms with Gasteiger partial charge in [0.15, 0.2) is 5.82 Å². The Morgan fingerprint density at radius 2 is 2.00 bits per heavy atom. The van der Waals surface area contributed by atoms with Crippen molar-refractivity contribution in [2.75, 3.05) is 0 Å². The first-order chi connectivity index (χ1) is 7.75. The summed E-state index contributed by atoms with van der Waals surface area (Å²) in [5, 5.41) is 4.07. The van der Waals surface area contributed by atoms with Crippen LogP contribution >= 0.6 is 0 Å². The molecule has 2 aromatic heterocycles. The van der Waals surface area contributed by atoms with E-state index in [9.17, 15) is 0 Å². The number of hydrogen-bond donors (Lipinski definition) is 0. The minimum Gasteiger partial charge on any atom is -0.334 e. The van der Waals surface area contributed by atoms with Gasteiger partial charge in [-0.1, -0.05) is 0 Å². The van der Waals surface area contributed by atoms with E-state index in [2.05, 4.69) is 21.1 Å². The van der Waals surface area contributed by atoms with E-state index < -0.39 is 0 Å². The van der Waals surface area contributed by atoms with Crippen molar-refractivity contribution in [1.29, 1.82) is 0 Å². The van der Waals surface area contributed by atoms with Gasteiger partial charge in [0.2, 0.25) is 0 Å². The summed E-state index contributed by atoms with van der Waals surface area (Å²) in [6.07, 6.45) is 3.37. The molecule has 0 aliphatic carbocycles. The highest BCUT2D eigenvalue weighted by Crippen LogP contribution is 2.21. The Kier molecular flexibility index (Phi) is 1.80. The lowest BCUT2D eigenvalue weighted by Crippen LogP contribution is -1.94. The van der Waals surface area contributed by atoms with E-state index in [1.807, 2.05) is 37.1 Å². The number of nitrogens with zero attached hydrogens (tertiary/aromatic N) is 5. The molecule has 5 heteroatoms. The highest BCUT2D eigenvalue weighted by Gasteiger charge is 2.06. The van der Waals surface area contributed by atoms with Crippen molar-refractivity contribution < 1.29 is 0 Å². The van der Waals surface area contributed by atoms with Gasteiger partial charge in [-0.3, -0.25) is 0 Å². The van der Waals surface area contributed by atoms with Crippen molar-refractivity contribution in [3.05, 3.63) is 30.9 Å². The second kappa shape index (κ2) is 3.16. The van der Waals surface area contributed by atoms with Crippen LogP contribution in [0.5, 0.6) is 0 Å². The predicted octanol–water partition coefficient (Wildman–Crippen LogP) is 1.37. The Bertz CT molecular complexity index is 649. The molecule has 80 valence electrons. The maximum Gasteiger partial charge on any atom is 0.157 e. The molecule has 3 aromatic rings. The Labute approximate surface area is 92.4 Å². The van der Waals surface area contributed by atoms with E-state index >= 15 is 0 Å². The molecule has 16 heavy (non-hydrogen) atoms. The third-order valence-electron chi connectivity index (χ3n) is 2.70. The van der Waals surface area contributed by atoms with Gasteiger partial charge in [0, 0.05) is 19.7 Å². The normalized spacial score (nSPS) is 11.1. The lowest BCUT2D eigenvalue weighted by Gasteiger charge is -2.01. The van der Waals surface area contributed by atoms with E-state index in [0.717, 1.165) is 22.4 Å². The summed E-state index contributed by atoms with van der Waals surface area (Å²) in [6, 6.07) is 6.09. The number of aryl methyl sites for hydroxylation is 2. The zero-order valence-corrected chi connectivity index (χ0v) is 9.12. The summed E-state index contributed by atoms with van der Waals surface area (Å²) in [4.78, 5) is 8.51. The van der Waals surface area contributed by atoms with Gasteiger partial charge in [-0.2, -0.15) is 5.10 Å². The van der Waals surface area contributed by atoms with Crippen LogP contribution in [0.15, 0.2) is 30.9 Å². The van der Waals surface area contributed by atoms with Gasteiger partial charge in [0.25, 0.3) is 0 Å². The average molecular weight is 213 g/mol. The fourth-order valence-electron chi connectivity index (χ4n) is 1.82. The minimum atomic E-state index is 0.864. The number of imidazole rings is 1. The molecule has 0 N–H and O–H groups in total. The van der Waals surface area contributed by atoms with Crippen LogP contribution in [-0.4, -0.2) is 24.3 Å². The molecule has 0 radical (unpaired) electrons. The van der Waals surface area contributed by atoms with Crippen LogP contribution in [0.4, 0.5) is 0 Å². The Hall–Kier alpha value is -2.17. The Balaban J connectivity index is 2.25. The zero-order chi connectivity index (χ0) is 11.1. The number of hydrogen-bond acceptors (Lipinski definition) is 3. The lowest BCUT2D eigenvalue weighted by molar-refractivity contribution is 0.774. The first-order valence-corrected chi connectivity index (χ1v) is 5.01. The average Bonchev–Trinajstić information content (AvgIpc) is 2.86. The van der Waals surface area contributed by atoms with Crippen LogP contribution in [-0.2, 0) is 14.1 Å². The molecule has 0 spiro atoms. The molecule has 3 rings (SSSR count). The molecule has 0 fully saturated rings. The first-order valence-electron chi connectivity index (χ1n) is 5.01. The summed E-state index contributed by atoms with van der Waals surface area (Å²) < 4.78 is 3.76. The van der Waals surface area contributed by atoms with Crippen molar-refractivity contribution >= 4 is 11.0 Å². The molecule has 2 heterocycles. The van der Waals surface area contributed by atoms with Crippen LogP contribution < -0.4 is 0 Å². The maximum atomic E-state index is 4.28. The molecule has 0 atom stereocenters. The van der Waals surface area contributed by atoms with Gasteiger partial charge in [-0.15, -0.1) is 0 Å². The summed E-state index contributed by atoms with van der Waals surface area (Å²) in [7, 11) is 3.87. The largest absolute Gasteiger partial charge is 0.334 e. The molecule has 0 unspecified atom stereocenters. The van der Waals surface area contributed by atoms with Gasteiger partial charge in [0.05, 0.1) is 17.4 Å². The second-order valence-corrected chi connectivity index (χ2v) is 3.77. The van der Waals surface area contributed by atoms with Gasteiger partial charge in [-0.25, -0.2) is 14.6 Å². The molecule has 0 saturated carbocycles. The molecule has 0 amide bonds. The van der Waals surface area contributed by atoms with Crippen molar-refractivity contribution in [2.45, 2.75) is 0 Å². The van der Waals surface area contributed by atoms with E-state index in [0.29, 0.717) is 0 Å². The van der Waals surface area contributed by atoms with Crippen LogP contribution in [0, 0.1) is 0 Å². The van der Waals surface area contributed by atoms with Crippen LogP contribution in [0.3, 0.4) is 0 Å². The van der Waals surface area contributed by atoms with E-state index in [1.165, 1.54) is 0 Å². The molecule has 0 aliphatic rings. The van der Waals surface area contributed by atoms with Crippen molar-refractivity contribution in [3.63, 3.8) is 0 Å². The van der Waals surface area contributed by atoms with E-state index in [4.69, 9.17) is 0 Å². The molecule has 5 nitrogen and oxygen atoms in total. The van der Waals surface area contributed by atoms with Crippen LogP contribution in [0.2, 0.25) is 0 Å². The fraction of sp³-hybridized carbons (Fsp3) is 0.182. The molecular formula is C11H11N5. The SMILES string of the molecule is Cn1ncnc1-c1ccc2ncn(C)c2c1.